The summed E-state index contributed by atoms with van der Waals surface area (Å²) in [6.45, 7) is 6.93. The molecule has 4 heteroatoms. The van der Waals surface area contributed by atoms with Crippen molar-refractivity contribution < 1.29 is 4.79 Å². The van der Waals surface area contributed by atoms with Crippen molar-refractivity contribution in [2.75, 3.05) is 11.9 Å². The number of thiophene rings is 1. The number of carbonyl (C=O) groups excluding carboxylic acids is 1. The standard InChI is InChI=1S/C15H16N2OS.C2H6/c1-10-7-8-16-15-12(14(18)17-10)9-13(19-15)11-5-3-2-4-6-11;1-2/h2-6,9-10,16H,7-8H2,1H3,(H,17,18);1-2H3/t10-;/m1./s1. The number of fused-ring (bicyclic) bond motifs is 1. The Kier molecular flexibility index (Phi) is 5.39. The summed E-state index contributed by atoms with van der Waals surface area (Å²) >= 11 is 1.64. The van der Waals surface area contributed by atoms with Crippen molar-refractivity contribution in [3.63, 3.8) is 0 Å². The first kappa shape index (κ1) is 15.6. The van der Waals surface area contributed by atoms with Crippen molar-refractivity contribution in [2.24, 2.45) is 0 Å². The molecule has 1 aromatic carbocycles. The van der Waals surface area contributed by atoms with Crippen molar-refractivity contribution in [3.8, 4) is 10.4 Å². The Morgan fingerprint density at radius 1 is 1.19 bits per heavy atom. The number of amides is 1. The lowest BCUT2D eigenvalue weighted by molar-refractivity contribution is 0.0939. The Labute approximate surface area is 130 Å². The van der Waals surface area contributed by atoms with Gasteiger partial charge < -0.3 is 10.6 Å². The summed E-state index contributed by atoms with van der Waals surface area (Å²) in [6, 6.07) is 12.4. The highest BCUT2D eigenvalue weighted by Gasteiger charge is 2.20. The van der Waals surface area contributed by atoms with E-state index in [2.05, 4.69) is 22.8 Å². The minimum Gasteiger partial charge on any atom is -0.376 e. The van der Waals surface area contributed by atoms with Crippen LogP contribution in [0.2, 0.25) is 0 Å². The summed E-state index contributed by atoms with van der Waals surface area (Å²) < 4.78 is 0. The molecule has 2 aromatic rings. The van der Waals surface area contributed by atoms with Crippen LogP contribution in [0.15, 0.2) is 36.4 Å². The molecule has 3 nitrogen and oxygen atoms in total. The van der Waals surface area contributed by atoms with E-state index in [1.54, 1.807) is 11.3 Å². The third-order valence-electron chi connectivity index (χ3n) is 3.28. The van der Waals surface area contributed by atoms with Crippen LogP contribution in [0.3, 0.4) is 0 Å². The summed E-state index contributed by atoms with van der Waals surface area (Å²) in [7, 11) is 0. The van der Waals surface area contributed by atoms with Crippen LogP contribution in [0.4, 0.5) is 5.00 Å². The van der Waals surface area contributed by atoms with Gasteiger partial charge in [-0.05, 0) is 25.0 Å². The fraction of sp³-hybridized carbons (Fsp3) is 0.353. The highest BCUT2D eigenvalue weighted by atomic mass is 32.1. The predicted molar refractivity (Wildman–Crippen MR) is 91.1 cm³/mol. The molecule has 2 heterocycles. The van der Waals surface area contributed by atoms with E-state index < -0.39 is 0 Å². The van der Waals surface area contributed by atoms with Gasteiger partial charge in [0.2, 0.25) is 0 Å². The number of rotatable bonds is 1. The molecule has 0 radical (unpaired) electrons. The summed E-state index contributed by atoms with van der Waals surface area (Å²) in [4.78, 5) is 13.3. The first-order chi connectivity index (χ1) is 10.2. The smallest absolute Gasteiger partial charge is 0.254 e. The highest BCUT2D eigenvalue weighted by Crippen LogP contribution is 2.35. The average molecular weight is 302 g/mol. The molecule has 1 atom stereocenters. The summed E-state index contributed by atoms with van der Waals surface area (Å²) in [5.41, 5.74) is 1.91. The zero-order chi connectivity index (χ0) is 15.2. The van der Waals surface area contributed by atoms with Gasteiger partial charge in [0.05, 0.1) is 5.56 Å². The molecule has 0 saturated heterocycles. The highest BCUT2D eigenvalue weighted by molar-refractivity contribution is 7.19. The fourth-order valence-corrected chi connectivity index (χ4v) is 3.30. The lowest BCUT2D eigenvalue weighted by Gasteiger charge is -2.18. The van der Waals surface area contributed by atoms with Crippen LogP contribution in [0.5, 0.6) is 0 Å². The van der Waals surface area contributed by atoms with Crippen LogP contribution < -0.4 is 10.6 Å². The van der Waals surface area contributed by atoms with Crippen LogP contribution in [0, 0.1) is 0 Å². The van der Waals surface area contributed by atoms with E-state index in [0.717, 1.165) is 34.0 Å². The lowest BCUT2D eigenvalue weighted by Crippen LogP contribution is -2.35. The SMILES string of the molecule is CC.C[C@@H]1CCNc2sc(-c3ccccc3)cc2C(=O)N1. The molecule has 0 saturated carbocycles. The zero-order valence-corrected chi connectivity index (χ0v) is 13.6. The molecule has 0 unspecified atom stereocenters. The van der Waals surface area contributed by atoms with Gasteiger partial charge in [-0.2, -0.15) is 0 Å². The van der Waals surface area contributed by atoms with Crippen molar-refractivity contribution in [3.05, 3.63) is 42.0 Å². The van der Waals surface area contributed by atoms with Gasteiger partial charge in [0.25, 0.3) is 5.91 Å². The maximum Gasteiger partial charge on any atom is 0.254 e. The molecule has 1 aliphatic heterocycles. The number of nitrogens with one attached hydrogen (secondary N) is 2. The molecular formula is C17H22N2OS. The van der Waals surface area contributed by atoms with Crippen LogP contribution in [-0.2, 0) is 0 Å². The van der Waals surface area contributed by atoms with Crippen molar-refractivity contribution in [1.82, 2.24) is 5.32 Å². The van der Waals surface area contributed by atoms with Gasteiger partial charge in [-0.25, -0.2) is 0 Å². The van der Waals surface area contributed by atoms with Crippen molar-refractivity contribution in [2.45, 2.75) is 33.2 Å². The first-order valence-electron chi connectivity index (χ1n) is 7.48. The molecule has 3 rings (SSSR count). The minimum absolute atomic E-state index is 0.0214. The second kappa shape index (κ2) is 7.27. The predicted octanol–water partition coefficient (Wildman–Crippen LogP) is 4.38. The topological polar surface area (TPSA) is 41.1 Å². The molecule has 1 aromatic heterocycles. The molecule has 2 N–H and O–H groups in total. The number of benzene rings is 1. The van der Waals surface area contributed by atoms with E-state index in [1.165, 1.54) is 0 Å². The molecule has 21 heavy (non-hydrogen) atoms. The number of anilines is 1. The second-order valence-corrected chi connectivity index (χ2v) is 5.86. The van der Waals surface area contributed by atoms with Crippen LogP contribution in [0.1, 0.15) is 37.6 Å². The first-order valence-corrected chi connectivity index (χ1v) is 8.29. The molecule has 0 fully saturated rings. The van der Waals surface area contributed by atoms with Gasteiger partial charge in [-0.3, -0.25) is 4.79 Å². The van der Waals surface area contributed by atoms with Gasteiger partial charge in [-0.15, -0.1) is 11.3 Å². The van der Waals surface area contributed by atoms with Gasteiger partial charge >= 0.3 is 0 Å². The van der Waals surface area contributed by atoms with Crippen LogP contribution in [0.25, 0.3) is 10.4 Å². The van der Waals surface area contributed by atoms with E-state index in [9.17, 15) is 4.79 Å². The number of hydrogen-bond donors (Lipinski definition) is 2. The Balaban J connectivity index is 0.000000774. The molecule has 0 bridgehead atoms. The summed E-state index contributed by atoms with van der Waals surface area (Å²) in [5, 5.41) is 7.38. The van der Waals surface area contributed by atoms with E-state index >= 15 is 0 Å². The average Bonchev–Trinajstić information content (AvgIpc) is 2.93. The fourth-order valence-electron chi connectivity index (χ4n) is 2.21. The van der Waals surface area contributed by atoms with Gasteiger partial charge in [0.15, 0.2) is 0 Å². The molecular weight excluding hydrogens is 280 g/mol. The van der Waals surface area contributed by atoms with Crippen LogP contribution in [-0.4, -0.2) is 18.5 Å². The maximum absolute atomic E-state index is 12.2. The Morgan fingerprint density at radius 2 is 1.90 bits per heavy atom. The molecule has 112 valence electrons. The van der Waals surface area contributed by atoms with E-state index in [1.807, 2.05) is 45.0 Å². The Morgan fingerprint density at radius 3 is 2.62 bits per heavy atom. The molecule has 1 aliphatic rings. The van der Waals surface area contributed by atoms with Crippen LogP contribution >= 0.6 is 11.3 Å². The van der Waals surface area contributed by atoms with Crippen molar-refractivity contribution >= 4 is 22.2 Å². The third kappa shape index (κ3) is 3.64. The summed E-state index contributed by atoms with van der Waals surface area (Å²) in [6.07, 6.45) is 0.948. The number of carbonyl (C=O) groups is 1. The second-order valence-electron chi connectivity index (χ2n) is 4.81. The van der Waals surface area contributed by atoms with Gasteiger partial charge in [0, 0.05) is 17.5 Å². The van der Waals surface area contributed by atoms with E-state index in [4.69, 9.17) is 0 Å². The maximum atomic E-state index is 12.2. The zero-order valence-electron chi connectivity index (χ0n) is 12.8. The van der Waals surface area contributed by atoms with E-state index in [-0.39, 0.29) is 11.9 Å². The summed E-state index contributed by atoms with van der Waals surface area (Å²) in [5.74, 6) is 0.0214. The third-order valence-corrected chi connectivity index (χ3v) is 4.42. The van der Waals surface area contributed by atoms with Crippen molar-refractivity contribution in [1.29, 1.82) is 0 Å². The molecule has 0 spiro atoms. The monoisotopic (exact) mass is 302 g/mol. The van der Waals surface area contributed by atoms with Gasteiger partial charge in [-0.1, -0.05) is 44.2 Å². The quantitative estimate of drug-likeness (QED) is 0.821. The minimum atomic E-state index is 0.0214. The van der Waals surface area contributed by atoms with Gasteiger partial charge in [0.1, 0.15) is 5.00 Å². The number of hydrogen-bond acceptors (Lipinski definition) is 3. The Hall–Kier alpha value is -1.81. The lowest BCUT2D eigenvalue weighted by atomic mass is 10.1. The van der Waals surface area contributed by atoms with E-state index in [0.29, 0.717) is 0 Å². The Bertz CT molecular complexity index is 592. The molecule has 1 amide bonds. The largest absolute Gasteiger partial charge is 0.376 e. The molecule has 0 aliphatic carbocycles. The normalized spacial score (nSPS) is 17.3.